The molecule has 4 rings (SSSR count). The molecule has 0 fully saturated rings. The lowest BCUT2D eigenvalue weighted by Gasteiger charge is -2.43. The van der Waals surface area contributed by atoms with Crippen molar-refractivity contribution < 1.29 is 23.8 Å². The number of anilines is 1. The van der Waals surface area contributed by atoms with Crippen LogP contribution in [0.5, 0.6) is 17.2 Å². The molecule has 0 N–H and O–H groups in total. The summed E-state index contributed by atoms with van der Waals surface area (Å²) in [6.45, 7) is 6.25. The first-order valence-corrected chi connectivity index (χ1v) is 11.7. The molecule has 1 amide bonds. The molecule has 34 heavy (non-hydrogen) atoms. The van der Waals surface area contributed by atoms with Crippen LogP contribution in [0.2, 0.25) is 0 Å². The second-order valence-corrected chi connectivity index (χ2v) is 9.69. The van der Waals surface area contributed by atoms with Crippen molar-refractivity contribution in [2.24, 2.45) is 5.41 Å². The molecule has 2 aromatic rings. The summed E-state index contributed by atoms with van der Waals surface area (Å²) in [7, 11) is 4.69. The van der Waals surface area contributed by atoms with E-state index in [-0.39, 0.29) is 23.5 Å². The minimum atomic E-state index is -0.411. The van der Waals surface area contributed by atoms with E-state index < -0.39 is 5.92 Å². The molecule has 2 aliphatic rings. The lowest BCUT2D eigenvalue weighted by molar-refractivity contribution is -0.121. The van der Waals surface area contributed by atoms with Crippen LogP contribution in [0.25, 0.3) is 0 Å². The highest BCUT2D eigenvalue weighted by Gasteiger charge is 2.45. The van der Waals surface area contributed by atoms with Crippen molar-refractivity contribution in [3.63, 3.8) is 0 Å². The highest BCUT2D eigenvalue weighted by molar-refractivity contribution is 6.08. The molecular weight excluding hydrogens is 430 g/mol. The van der Waals surface area contributed by atoms with Gasteiger partial charge in [-0.1, -0.05) is 45.0 Å². The largest absolute Gasteiger partial charge is 0.493 e. The second kappa shape index (κ2) is 9.16. The number of ether oxygens (including phenoxy) is 3. The minimum Gasteiger partial charge on any atom is -0.493 e. The first-order valence-electron chi connectivity index (χ1n) is 11.7. The molecule has 1 atom stereocenters. The maximum atomic E-state index is 13.8. The van der Waals surface area contributed by atoms with Gasteiger partial charge in [0.25, 0.3) is 0 Å². The van der Waals surface area contributed by atoms with Crippen LogP contribution in [-0.4, -0.2) is 33.0 Å². The third-order valence-electron chi connectivity index (χ3n) is 6.87. The molecule has 0 spiro atoms. The molecule has 180 valence electrons. The van der Waals surface area contributed by atoms with E-state index in [1.165, 1.54) is 0 Å². The molecule has 1 aliphatic carbocycles. The Kier molecular flexibility index (Phi) is 6.43. The van der Waals surface area contributed by atoms with E-state index in [0.29, 0.717) is 35.7 Å². The second-order valence-electron chi connectivity index (χ2n) is 9.69. The van der Waals surface area contributed by atoms with Gasteiger partial charge in [-0.2, -0.15) is 0 Å². The Morgan fingerprint density at radius 1 is 0.941 bits per heavy atom. The standard InChI is InChI=1S/C28H33NO5/c1-7-17-10-8-9-11-20(17)29-21-15-28(2,3)16-22(30)25(21)19(14-24(29)31)18-12-13-23(32-4)27(34-6)26(18)33-5/h8-13,19H,7,14-16H2,1-6H3/t19-/m0/s1. The molecule has 0 radical (unpaired) electrons. The fraction of sp³-hybridized carbons (Fsp3) is 0.429. The topological polar surface area (TPSA) is 65.1 Å². The summed E-state index contributed by atoms with van der Waals surface area (Å²) < 4.78 is 16.8. The number of methoxy groups -OCH3 is 3. The van der Waals surface area contributed by atoms with Gasteiger partial charge >= 0.3 is 0 Å². The number of ketones is 1. The van der Waals surface area contributed by atoms with Gasteiger partial charge in [0, 0.05) is 35.6 Å². The average Bonchev–Trinajstić information content (AvgIpc) is 2.81. The molecule has 1 aliphatic heterocycles. The van der Waals surface area contributed by atoms with Crippen molar-refractivity contribution in [1.29, 1.82) is 0 Å². The predicted molar refractivity (Wildman–Crippen MR) is 132 cm³/mol. The quantitative estimate of drug-likeness (QED) is 0.571. The van der Waals surface area contributed by atoms with Gasteiger partial charge in [-0.3, -0.25) is 14.5 Å². The first-order chi connectivity index (χ1) is 16.3. The maximum Gasteiger partial charge on any atom is 0.232 e. The number of benzene rings is 2. The third kappa shape index (κ3) is 3.95. The number of amides is 1. The Hall–Kier alpha value is -3.28. The monoisotopic (exact) mass is 463 g/mol. The van der Waals surface area contributed by atoms with E-state index >= 15 is 0 Å². The van der Waals surface area contributed by atoms with Gasteiger partial charge in [-0.15, -0.1) is 0 Å². The van der Waals surface area contributed by atoms with E-state index in [2.05, 4.69) is 20.8 Å². The van der Waals surface area contributed by atoms with Gasteiger partial charge in [0.2, 0.25) is 11.7 Å². The van der Waals surface area contributed by atoms with Crippen LogP contribution in [0, 0.1) is 5.41 Å². The van der Waals surface area contributed by atoms with Crippen LogP contribution in [0.1, 0.15) is 57.1 Å². The zero-order valence-corrected chi connectivity index (χ0v) is 20.9. The zero-order chi connectivity index (χ0) is 24.6. The number of aryl methyl sites for hydroxylation is 1. The van der Waals surface area contributed by atoms with Gasteiger partial charge in [0.05, 0.1) is 27.0 Å². The summed E-state index contributed by atoms with van der Waals surface area (Å²) >= 11 is 0. The minimum absolute atomic E-state index is 0.0213. The number of hydrogen-bond donors (Lipinski definition) is 0. The predicted octanol–water partition coefficient (Wildman–Crippen LogP) is 5.44. The average molecular weight is 464 g/mol. The molecule has 0 saturated heterocycles. The fourth-order valence-electron chi connectivity index (χ4n) is 5.39. The van der Waals surface area contributed by atoms with Crippen molar-refractivity contribution in [2.45, 2.75) is 52.4 Å². The first kappa shape index (κ1) is 23.9. The molecule has 6 heteroatoms. The summed E-state index contributed by atoms with van der Waals surface area (Å²) in [6.07, 6.45) is 2.06. The summed E-state index contributed by atoms with van der Waals surface area (Å²) in [4.78, 5) is 29.2. The number of hydrogen-bond acceptors (Lipinski definition) is 5. The van der Waals surface area contributed by atoms with Gasteiger partial charge in [-0.05, 0) is 36.0 Å². The van der Waals surface area contributed by atoms with Crippen LogP contribution in [0.15, 0.2) is 47.7 Å². The van der Waals surface area contributed by atoms with Gasteiger partial charge < -0.3 is 14.2 Å². The number of para-hydroxylation sites is 1. The number of carbonyl (C=O) groups excluding carboxylic acids is 2. The number of rotatable bonds is 6. The van der Waals surface area contributed by atoms with Crippen molar-refractivity contribution in [1.82, 2.24) is 0 Å². The van der Waals surface area contributed by atoms with Crippen LogP contribution >= 0.6 is 0 Å². The lowest BCUT2D eigenvalue weighted by atomic mass is 9.69. The number of allylic oxidation sites excluding steroid dienone is 2. The number of nitrogens with zero attached hydrogens (tertiary/aromatic N) is 1. The smallest absolute Gasteiger partial charge is 0.232 e. The van der Waals surface area contributed by atoms with Crippen molar-refractivity contribution in [2.75, 3.05) is 26.2 Å². The molecule has 1 heterocycles. The lowest BCUT2D eigenvalue weighted by Crippen LogP contribution is -2.44. The maximum absolute atomic E-state index is 13.8. The fourth-order valence-corrected chi connectivity index (χ4v) is 5.39. The molecule has 6 nitrogen and oxygen atoms in total. The van der Waals surface area contributed by atoms with Gasteiger partial charge in [0.15, 0.2) is 17.3 Å². The number of carbonyl (C=O) groups is 2. The summed E-state index contributed by atoms with van der Waals surface area (Å²) in [6, 6.07) is 11.6. The Morgan fingerprint density at radius 3 is 2.29 bits per heavy atom. The summed E-state index contributed by atoms with van der Waals surface area (Å²) in [5.74, 6) is 1.14. The van der Waals surface area contributed by atoms with Gasteiger partial charge in [-0.25, -0.2) is 0 Å². The van der Waals surface area contributed by atoms with E-state index in [1.54, 1.807) is 32.3 Å². The zero-order valence-electron chi connectivity index (χ0n) is 20.9. The normalized spacial score (nSPS) is 19.7. The van der Waals surface area contributed by atoms with Crippen LogP contribution in [0.3, 0.4) is 0 Å². The molecule has 0 unspecified atom stereocenters. The van der Waals surface area contributed by atoms with Crippen LogP contribution in [0.4, 0.5) is 5.69 Å². The molecule has 0 saturated carbocycles. The van der Waals surface area contributed by atoms with Crippen LogP contribution in [-0.2, 0) is 16.0 Å². The van der Waals surface area contributed by atoms with Crippen molar-refractivity contribution in [3.05, 3.63) is 58.8 Å². The molecule has 0 aromatic heterocycles. The van der Waals surface area contributed by atoms with Crippen LogP contribution < -0.4 is 19.1 Å². The van der Waals surface area contributed by atoms with Gasteiger partial charge in [0.1, 0.15) is 0 Å². The Labute approximate surface area is 201 Å². The SMILES string of the molecule is CCc1ccccc1N1C(=O)C[C@@H](c2ccc(OC)c(OC)c2OC)C2=C1CC(C)(C)CC2=O. The van der Waals surface area contributed by atoms with Crippen molar-refractivity contribution in [3.8, 4) is 17.2 Å². The van der Waals surface area contributed by atoms with E-state index in [0.717, 1.165) is 28.9 Å². The van der Waals surface area contributed by atoms with E-state index in [9.17, 15) is 9.59 Å². The Balaban J connectivity index is 1.96. The summed E-state index contributed by atoms with van der Waals surface area (Å²) in [5.41, 5.74) is 3.98. The Morgan fingerprint density at radius 2 is 1.65 bits per heavy atom. The van der Waals surface area contributed by atoms with E-state index in [1.807, 2.05) is 30.3 Å². The Bertz CT molecular complexity index is 1160. The highest BCUT2D eigenvalue weighted by atomic mass is 16.5. The van der Waals surface area contributed by atoms with E-state index in [4.69, 9.17) is 14.2 Å². The third-order valence-corrected chi connectivity index (χ3v) is 6.87. The highest BCUT2D eigenvalue weighted by Crippen LogP contribution is 2.52. The van der Waals surface area contributed by atoms with Crippen molar-refractivity contribution >= 4 is 17.4 Å². The molecule has 0 bridgehead atoms. The number of Topliss-reactive ketones (excluding diaryl/α,β-unsaturated/α-hetero) is 1. The molecular formula is C28H33NO5. The summed E-state index contributed by atoms with van der Waals surface area (Å²) in [5, 5.41) is 0. The molecule has 2 aromatic carbocycles.